The molecular weight excluding hydrogens is 196 g/mol. The minimum atomic E-state index is -3.71. The van der Waals surface area contributed by atoms with Crippen LogP contribution in [-0.2, 0) is 15.0 Å². The van der Waals surface area contributed by atoms with Crippen LogP contribution in [0.2, 0.25) is 0 Å². The molecule has 0 unspecified atom stereocenters. The lowest BCUT2D eigenvalue weighted by atomic mass is 10.4. The first-order valence-corrected chi connectivity index (χ1v) is 5.25. The summed E-state index contributed by atoms with van der Waals surface area (Å²) in [6, 6.07) is -1.39. The Balaban J connectivity index is 4.27. The monoisotopic (exact) mass is 210 g/mol. The van der Waals surface area contributed by atoms with Crippen LogP contribution < -0.4 is 9.44 Å². The second-order valence-electron chi connectivity index (χ2n) is 2.95. The third kappa shape index (κ3) is 5.56. The summed E-state index contributed by atoms with van der Waals surface area (Å²) in [6.07, 6.45) is 0. The first kappa shape index (κ1) is 12.3. The molecule has 0 rings (SSSR count). The average Bonchev–Trinajstić information content (AvgIpc) is 1.81. The molecule has 6 nitrogen and oxygen atoms in total. The van der Waals surface area contributed by atoms with E-state index in [1.54, 1.807) is 13.8 Å². The predicted octanol–water partition coefficient (Wildman–Crippen LogP) is -0.708. The maximum absolute atomic E-state index is 11.1. The van der Waals surface area contributed by atoms with E-state index in [0.29, 0.717) is 0 Å². The molecule has 0 heterocycles. The van der Waals surface area contributed by atoms with E-state index in [4.69, 9.17) is 5.11 Å². The molecular formula is C6H14N2O4S. The molecule has 78 valence electrons. The molecule has 0 saturated heterocycles. The van der Waals surface area contributed by atoms with E-state index >= 15 is 0 Å². The number of carboxylic acids is 1. The second-order valence-corrected chi connectivity index (χ2v) is 4.43. The molecule has 0 radical (unpaired) electrons. The van der Waals surface area contributed by atoms with Gasteiger partial charge in [0.15, 0.2) is 0 Å². The highest BCUT2D eigenvalue weighted by Crippen LogP contribution is 1.88. The van der Waals surface area contributed by atoms with Crippen LogP contribution >= 0.6 is 0 Å². The Morgan fingerprint density at radius 3 is 2.00 bits per heavy atom. The molecule has 0 aliphatic rings. The van der Waals surface area contributed by atoms with E-state index in [-0.39, 0.29) is 6.04 Å². The van der Waals surface area contributed by atoms with Gasteiger partial charge in [0.1, 0.15) is 6.04 Å². The van der Waals surface area contributed by atoms with Gasteiger partial charge in [-0.25, -0.2) is 0 Å². The second kappa shape index (κ2) is 4.54. The molecule has 0 aromatic rings. The third-order valence-corrected chi connectivity index (χ3v) is 2.54. The number of rotatable bonds is 5. The third-order valence-electron chi connectivity index (χ3n) is 1.09. The minimum Gasteiger partial charge on any atom is -0.480 e. The minimum absolute atomic E-state index is 0.265. The lowest BCUT2D eigenvalue weighted by molar-refractivity contribution is -0.138. The van der Waals surface area contributed by atoms with Gasteiger partial charge in [0.05, 0.1) is 0 Å². The lowest BCUT2D eigenvalue weighted by Gasteiger charge is -2.12. The van der Waals surface area contributed by atoms with E-state index < -0.39 is 22.2 Å². The van der Waals surface area contributed by atoms with Gasteiger partial charge in [0.25, 0.3) is 10.2 Å². The van der Waals surface area contributed by atoms with Crippen molar-refractivity contribution in [2.24, 2.45) is 0 Å². The Morgan fingerprint density at radius 1 is 1.23 bits per heavy atom. The zero-order valence-electron chi connectivity index (χ0n) is 7.73. The van der Waals surface area contributed by atoms with Crippen LogP contribution in [0.3, 0.4) is 0 Å². The van der Waals surface area contributed by atoms with Crippen LogP contribution in [0.15, 0.2) is 0 Å². The molecule has 1 atom stereocenters. The zero-order chi connectivity index (χ0) is 10.6. The normalized spacial score (nSPS) is 14.5. The first-order chi connectivity index (χ1) is 5.74. The highest BCUT2D eigenvalue weighted by Gasteiger charge is 2.19. The zero-order valence-corrected chi connectivity index (χ0v) is 8.55. The van der Waals surface area contributed by atoms with Gasteiger partial charge in [-0.3, -0.25) is 4.79 Å². The van der Waals surface area contributed by atoms with Gasteiger partial charge in [-0.1, -0.05) is 0 Å². The molecule has 0 aromatic carbocycles. The van der Waals surface area contributed by atoms with Gasteiger partial charge in [-0.15, -0.1) is 0 Å². The van der Waals surface area contributed by atoms with E-state index in [1.165, 1.54) is 6.92 Å². The van der Waals surface area contributed by atoms with Crippen LogP contribution in [0.1, 0.15) is 20.8 Å². The number of carbonyl (C=O) groups is 1. The molecule has 0 aromatic heterocycles. The quantitative estimate of drug-likeness (QED) is 0.558. The van der Waals surface area contributed by atoms with E-state index in [9.17, 15) is 13.2 Å². The Kier molecular flexibility index (Phi) is 4.31. The van der Waals surface area contributed by atoms with E-state index in [1.807, 2.05) is 4.72 Å². The lowest BCUT2D eigenvalue weighted by Crippen LogP contribution is -2.46. The maximum atomic E-state index is 11.1. The summed E-state index contributed by atoms with van der Waals surface area (Å²) in [7, 11) is -3.71. The highest BCUT2D eigenvalue weighted by atomic mass is 32.2. The topological polar surface area (TPSA) is 95.5 Å². The summed E-state index contributed by atoms with van der Waals surface area (Å²) in [5, 5.41) is 8.42. The van der Waals surface area contributed by atoms with Crippen molar-refractivity contribution in [2.45, 2.75) is 32.9 Å². The van der Waals surface area contributed by atoms with Gasteiger partial charge in [-0.2, -0.15) is 17.9 Å². The fourth-order valence-electron chi connectivity index (χ4n) is 0.627. The summed E-state index contributed by atoms with van der Waals surface area (Å²) in [4.78, 5) is 10.3. The number of carboxylic acid groups (broad SMARTS) is 1. The maximum Gasteiger partial charge on any atom is 0.321 e. The van der Waals surface area contributed by atoms with Crippen molar-refractivity contribution in [2.75, 3.05) is 0 Å². The molecule has 3 N–H and O–H groups in total. The van der Waals surface area contributed by atoms with Crippen molar-refractivity contribution < 1.29 is 18.3 Å². The Hall–Kier alpha value is -0.660. The molecule has 0 aliphatic carbocycles. The molecule has 0 aliphatic heterocycles. The van der Waals surface area contributed by atoms with Gasteiger partial charge in [0.2, 0.25) is 0 Å². The predicted molar refractivity (Wildman–Crippen MR) is 47.4 cm³/mol. The Morgan fingerprint density at radius 2 is 1.69 bits per heavy atom. The largest absolute Gasteiger partial charge is 0.480 e. The molecule has 13 heavy (non-hydrogen) atoms. The summed E-state index contributed by atoms with van der Waals surface area (Å²) < 4.78 is 26.3. The Labute approximate surface area is 77.5 Å². The van der Waals surface area contributed by atoms with E-state index in [0.717, 1.165) is 0 Å². The van der Waals surface area contributed by atoms with Crippen molar-refractivity contribution in [1.29, 1.82) is 0 Å². The SMILES string of the molecule is CC(C)NS(=O)(=O)N[C@@H](C)C(=O)O. The molecule has 0 spiro atoms. The molecule has 0 bridgehead atoms. The standard InChI is InChI=1S/C6H14N2O4S/c1-4(2)7-13(11,12)8-5(3)6(9)10/h4-5,7-8H,1-3H3,(H,9,10)/t5-/m0/s1. The smallest absolute Gasteiger partial charge is 0.321 e. The van der Waals surface area contributed by atoms with Crippen LogP contribution in [0, 0.1) is 0 Å². The van der Waals surface area contributed by atoms with Crippen LogP contribution in [-0.4, -0.2) is 31.6 Å². The summed E-state index contributed by atoms with van der Waals surface area (Å²) >= 11 is 0. The summed E-state index contributed by atoms with van der Waals surface area (Å²) in [6.45, 7) is 4.54. The van der Waals surface area contributed by atoms with Crippen LogP contribution in [0.25, 0.3) is 0 Å². The van der Waals surface area contributed by atoms with Gasteiger partial charge >= 0.3 is 5.97 Å². The fraction of sp³-hybridized carbons (Fsp3) is 0.833. The number of hydrogen-bond acceptors (Lipinski definition) is 3. The van der Waals surface area contributed by atoms with Crippen molar-refractivity contribution in [1.82, 2.24) is 9.44 Å². The van der Waals surface area contributed by atoms with Gasteiger partial charge in [-0.05, 0) is 20.8 Å². The van der Waals surface area contributed by atoms with Crippen molar-refractivity contribution in [3.05, 3.63) is 0 Å². The fourth-order valence-corrected chi connectivity index (χ4v) is 1.88. The van der Waals surface area contributed by atoms with Gasteiger partial charge in [0, 0.05) is 6.04 Å². The molecule has 0 saturated carbocycles. The Bertz CT molecular complexity index is 272. The molecule has 0 fully saturated rings. The highest BCUT2D eigenvalue weighted by molar-refractivity contribution is 7.87. The van der Waals surface area contributed by atoms with Crippen LogP contribution in [0.5, 0.6) is 0 Å². The summed E-state index contributed by atoms with van der Waals surface area (Å²) in [5.41, 5.74) is 0. The van der Waals surface area contributed by atoms with E-state index in [2.05, 4.69) is 4.72 Å². The number of hydrogen-bond donors (Lipinski definition) is 3. The first-order valence-electron chi connectivity index (χ1n) is 3.77. The van der Waals surface area contributed by atoms with Gasteiger partial charge < -0.3 is 5.11 Å². The van der Waals surface area contributed by atoms with Crippen LogP contribution in [0.4, 0.5) is 0 Å². The van der Waals surface area contributed by atoms with Crippen molar-refractivity contribution in [3.8, 4) is 0 Å². The van der Waals surface area contributed by atoms with Crippen molar-refractivity contribution >= 4 is 16.2 Å². The molecule has 0 amide bonds. The number of nitrogens with one attached hydrogen (secondary N) is 2. The number of aliphatic carboxylic acids is 1. The summed E-state index contributed by atoms with van der Waals surface area (Å²) in [5.74, 6) is -1.21. The average molecular weight is 210 g/mol. The van der Waals surface area contributed by atoms with Crippen molar-refractivity contribution in [3.63, 3.8) is 0 Å². The molecule has 7 heteroatoms.